The van der Waals surface area contributed by atoms with Crippen molar-refractivity contribution in [3.63, 3.8) is 0 Å². The highest BCUT2D eigenvalue weighted by Gasteiger charge is 2.46. The van der Waals surface area contributed by atoms with E-state index in [1.807, 2.05) is 13.8 Å². The van der Waals surface area contributed by atoms with Gasteiger partial charge in [0.25, 0.3) is 11.7 Å². The van der Waals surface area contributed by atoms with Crippen molar-refractivity contribution in [2.24, 2.45) is 0 Å². The molecule has 3 aromatic rings. The highest BCUT2D eigenvalue weighted by molar-refractivity contribution is 6.46. The van der Waals surface area contributed by atoms with Crippen LogP contribution < -0.4 is 4.74 Å². The number of likely N-dealkylation sites (tertiary alicyclic amines) is 1. The summed E-state index contributed by atoms with van der Waals surface area (Å²) in [7, 11) is 0. The number of rotatable bonds is 6. The summed E-state index contributed by atoms with van der Waals surface area (Å²) in [5.41, 5.74) is 0.969. The molecule has 1 N–H and O–H groups in total. The molecule has 0 bridgehead atoms. The number of ketones is 1. The maximum Gasteiger partial charge on any atom is 0.295 e. The maximum absolute atomic E-state index is 14.8. The van der Waals surface area contributed by atoms with Crippen molar-refractivity contribution in [2.45, 2.75) is 32.5 Å². The lowest BCUT2D eigenvalue weighted by Gasteiger charge is -2.25. The van der Waals surface area contributed by atoms with Crippen LogP contribution in [0.1, 0.15) is 36.6 Å². The number of hydrogen-bond acceptors (Lipinski definition) is 5. The molecule has 7 heteroatoms. The largest absolute Gasteiger partial charge is 0.507 e. The molecule has 1 aromatic heterocycles. The molecule has 1 atom stereocenters. The first-order valence-electron chi connectivity index (χ1n) is 10.6. The second kappa shape index (κ2) is 9.24. The number of carbonyl (C=O) groups is 2. The third kappa shape index (κ3) is 4.48. The fourth-order valence-corrected chi connectivity index (χ4v) is 3.87. The van der Waals surface area contributed by atoms with E-state index in [0.29, 0.717) is 16.9 Å². The molecule has 33 heavy (non-hydrogen) atoms. The van der Waals surface area contributed by atoms with Gasteiger partial charge in [-0.3, -0.25) is 14.6 Å². The average molecular weight is 446 g/mol. The third-order valence-electron chi connectivity index (χ3n) is 5.32. The first kappa shape index (κ1) is 22.2. The summed E-state index contributed by atoms with van der Waals surface area (Å²) in [6, 6.07) is 14.8. The van der Waals surface area contributed by atoms with Crippen molar-refractivity contribution in [1.82, 2.24) is 9.88 Å². The van der Waals surface area contributed by atoms with Gasteiger partial charge in [0.15, 0.2) is 0 Å². The molecular formula is C26H23FN2O4. The molecule has 1 saturated heterocycles. The molecule has 1 amide bonds. The lowest BCUT2D eigenvalue weighted by Crippen LogP contribution is -2.29. The van der Waals surface area contributed by atoms with Crippen LogP contribution in [0.15, 0.2) is 78.6 Å². The smallest absolute Gasteiger partial charge is 0.295 e. The summed E-state index contributed by atoms with van der Waals surface area (Å²) in [5.74, 6) is -2.02. The predicted molar refractivity (Wildman–Crippen MR) is 121 cm³/mol. The van der Waals surface area contributed by atoms with Gasteiger partial charge in [-0.15, -0.1) is 0 Å². The Balaban J connectivity index is 1.82. The van der Waals surface area contributed by atoms with Gasteiger partial charge < -0.3 is 14.7 Å². The number of carbonyl (C=O) groups excluding carboxylic acids is 2. The van der Waals surface area contributed by atoms with Crippen LogP contribution in [0.4, 0.5) is 4.39 Å². The first-order chi connectivity index (χ1) is 15.9. The first-order valence-corrected chi connectivity index (χ1v) is 10.6. The summed E-state index contributed by atoms with van der Waals surface area (Å²) in [5, 5.41) is 11.1. The van der Waals surface area contributed by atoms with Gasteiger partial charge in [-0.25, -0.2) is 4.39 Å². The van der Waals surface area contributed by atoms with Crippen LogP contribution in [0.25, 0.3) is 5.76 Å². The Labute approximate surface area is 191 Å². The molecule has 0 saturated carbocycles. The number of aliphatic hydroxyl groups excluding tert-OH is 1. The SMILES string of the molecule is CC(C)Oc1ccc(C(O)=C2C(=O)C(=O)N(Cc3cccnc3)[C@@H]2c2ccccc2F)cc1. The zero-order valence-corrected chi connectivity index (χ0v) is 18.2. The number of ether oxygens (including phenoxy) is 1. The van der Waals surface area contributed by atoms with Crippen LogP contribution in [0.3, 0.4) is 0 Å². The van der Waals surface area contributed by atoms with Crippen molar-refractivity contribution in [3.8, 4) is 5.75 Å². The number of Topliss-reactive ketones (excluding diaryl/α,β-unsaturated/α-hetero) is 1. The summed E-state index contributed by atoms with van der Waals surface area (Å²) >= 11 is 0. The van der Waals surface area contributed by atoms with Gasteiger partial charge in [-0.05, 0) is 55.8 Å². The highest BCUT2D eigenvalue weighted by Crippen LogP contribution is 2.41. The molecular weight excluding hydrogens is 423 g/mol. The number of aliphatic hydroxyl groups is 1. The molecule has 4 rings (SSSR count). The second-order valence-corrected chi connectivity index (χ2v) is 8.00. The van der Waals surface area contributed by atoms with E-state index >= 15 is 0 Å². The van der Waals surface area contributed by atoms with E-state index in [-0.39, 0.29) is 29.5 Å². The third-order valence-corrected chi connectivity index (χ3v) is 5.32. The topological polar surface area (TPSA) is 79.7 Å². The van der Waals surface area contributed by atoms with Crippen LogP contribution in [-0.4, -0.2) is 32.8 Å². The summed E-state index contributed by atoms with van der Waals surface area (Å²) in [6.07, 6.45) is 3.15. The van der Waals surface area contributed by atoms with E-state index in [9.17, 15) is 19.1 Å². The fourth-order valence-electron chi connectivity index (χ4n) is 3.87. The molecule has 0 unspecified atom stereocenters. The van der Waals surface area contributed by atoms with Crippen LogP contribution in [0.5, 0.6) is 5.75 Å². The minimum Gasteiger partial charge on any atom is -0.507 e. The molecule has 0 spiro atoms. The average Bonchev–Trinajstić information content (AvgIpc) is 3.04. The van der Waals surface area contributed by atoms with E-state index in [0.717, 1.165) is 0 Å². The van der Waals surface area contributed by atoms with Crippen LogP contribution >= 0.6 is 0 Å². The molecule has 1 aliphatic rings. The maximum atomic E-state index is 14.8. The number of aromatic nitrogens is 1. The van der Waals surface area contributed by atoms with Crippen LogP contribution in [0, 0.1) is 5.82 Å². The number of halogens is 1. The Kier molecular flexibility index (Phi) is 6.22. The van der Waals surface area contributed by atoms with Gasteiger partial charge in [0.2, 0.25) is 0 Å². The molecule has 2 aromatic carbocycles. The highest BCUT2D eigenvalue weighted by atomic mass is 19.1. The lowest BCUT2D eigenvalue weighted by atomic mass is 9.94. The van der Waals surface area contributed by atoms with Crippen molar-refractivity contribution in [3.05, 3.63) is 101 Å². The Bertz CT molecular complexity index is 1210. The Morgan fingerprint density at radius 3 is 2.45 bits per heavy atom. The summed E-state index contributed by atoms with van der Waals surface area (Å²) in [4.78, 5) is 31.4. The van der Waals surface area contributed by atoms with Gasteiger partial charge >= 0.3 is 0 Å². The van der Waals surface area contributed by atoms with Gasteiger partial charge in [-0.1, -0.05) is 24.3 Å². The van der Waals surface area contributed by atoms with E-state index < -0.39 is 23.5 Å². The quantitative estimate of drug-likeness (QED) is 0.339. The number of amides is 1. The Morgan fingerprint density at radius 2 is 1.82 bits per heavy atom. The normalized spacial score (nSPS) is 17.6. The van der Waals surface area contributed by atoms with Gasteiger partial charge in [-0.2, -0.15) is 0 Å². The van der Waals surface area contributed by atoms with Gasteiger partial charge in [0, 0.05) is 30.1 Å². The molecule has 0 aliphatic carbocycles. The number of nitrogens with zero attached hydrogens (tertiary/aromatic N) is 2. The summed E-state index contributed by atoms with van der Waals surface area (Å²) in [6.45, 7) is 3.83. The molecule has 0 radical (unpaired) electrons. The van der Waals surface area contributed by atoms with Crippen molar-refractivity contribution in [2.75, 3.05) is 0 Å². The zero-order chi connectivity index (χ0) is 23.5. The van der Waals surface area contributed by atoms with Crippen molar-refractivity contribution >= 4 is 17.4 Å². The van der Waals surface area contributed by atoms with E-state index in [2.05, 4.69) is 4.98 Å². The van der Waals surface area contributed by atoms with E-state index in [1.54, 1.807) is 54.9 Å². The van der Waals surface area contributed by atoms with Crippen molar-refractivity contribution in [1.29, 1.82) is 0 Å². The second-order valence-electron chi connectivity index (χ2n) is 8.00. The fraction of sp³-hybridized carbons (Fsp3) is 0.192. The minimum atomic E-state index is -1.09. The zero-order valence-electron chi connectivity index (χ0n) is 18.2. The van der Waals surface area contributed by atoms with Crippen LogP contribution in [-0.2, 0) is 16.1 Å². The van der Waals surface area contributed by atoms with Crippen LogP contribution in [0.2, 0.25) is 0 Å². The number of benzene rings is 2. The summed E-state index contributed by atoms with van der Waals surface area (Å²) < 4.78 is 20.5. The standard InChI is InChI=1S/C26H23FN2O4/c1-16(2)33-19-11-9-18(10-12-19)24(30)22-23(20-7-3-4-8-21(20)27)29(26(32)25(22)31)15-17-6-5-13-28-14-17/h3-14,16,23,30H,15H2,1-2H3/t23-/m1/s1. The van der Waals surface area contributed by atoms with E-state index in [4.69, 9.17) is 4.74 Å². The molecule has 6 nitrogen and oxygen atoms in total. The number of hydrogen-bond donors (Lipinski definition) is 1. The number of pyridine rings is 1. The Hall–Kier alpha value is -4.00. The molecule has 1 fully saturated rings. The lowest BCUT2D eigenvalue weighted by molar-refractivity contribution is -0.140. The van der Waals surface area contributed by atoms with Gasteiger partial charge in [0.05, 0.1) is 17.7 Å². The van der Waals surface area contributed by atoms with E-state index in [1.165, 1.54) is 23.1 Å². The molecule has 168 valence electrons. The van der Waals surface area contributed by atoms with Gasteiger partial charge in [0.1, 0.15) is 17.3 Å². The Morgan fingerprint density at radius 1 is 1.09 bits per heavy atom. The van der Waals surface area contributed by atoms with Crippen molar-refractivity contribution < 1.29 is 23.8 Å². The monoisotopic (exact) mass is 446 g/mol. The molecule has 2 heterocycles. The predicted octanol–water partition coefficient (Wildman–Crippen LogP) is 4.63. The molecule has 1 aliphatic heterocycles. The minimum absolute atomic E-state index is 0.0247.